The summed E-state index contributed by atoms with van der Waals surface area (Å²) < 4.78 is 32.0. The fourth-order valence-corrected chi connectivity index (χ4v) is 3.16. The molecule has 8 heteroatoms. The zero-order valence-electron chi connectivity index (χ0n) is 12.5. The van der Waals surface area contributed by atoms with E-state index in [0.717, 1.165) is 6.07 Å². The molecule has 0 fully saturated rings. The average Bonchev–Trinajstić information content (AvgIpc) is 2.43. The minimum Gasteiger partial charge on any atom is -1.00 e. The van der Waals surface area contributed by atoms with Crippen molar-refractivity contribution >= 4 is 27.4 Å². The Hall–Kier alpha value is -1.51. The first-order chi connectivity index (χ1) is 9.82. The molecule has 0 spiro atoms. The van der Waals surface area contributed by atoms with Crippen LogP contribution in [0.2, 0.25) is 0 Å². The molecular weight excluding hydrogens is 317 g/mol. The quantitative estimate of drug-likeness (QED) is 0.316. The molecule has 0 saturated carbocycles. The fraction of sp³-hybridized carbons (Fsp3) is 0. The molecule has 3 N–H and O–H groups in total. The number of hydrogen-bond donors (Lipinski definition) is 2. The number of carbonyl (C=O) groups is 2. The molecule has 1 aliphatic carbocycles. The van der Waals surface area contributed by atoms with Crippen LogP contribution in [-0.2, 0) is 10.1 Å². The van der Waals surface area contributed by atoms with Crippen LogP contribution >= 0.6 is 0 Å². The van der Waals surface area contributed by atoms with Crippen LogP contribution in [0, 0.1) is 0 Å². The molecule has 0 atom stereocenters. The van der Waals surface area contributed by atoms with E-state index in [0.29, 0.717) is 0 Å². The Labute approximate surface area is 149 Å². The Morgan fingerprint density at radius 1 is 0.909 bits per heavy atom. The topological polar surface area (TPSA) is 115 Å². The Balaban J connectivity index is 0.00000132. The molecule has 0 saturated heterocycles. The normalized spacial score (nSPS) is 13.1. The summed E-state index contributed by atoms with van der Waals surface area (Å²) in [7, 11) is -4.62. The van der Waals surface area contributed by atoms with Gasteiger partial charge in [-0.1, -0.05) is 24.3 Å². The van der Waals surface area contributed by atoms with Gasteiger partial charge in [0, 0.05) is 16.8 Å². The van der Waals surface area contributed by atoms with E-state index in [1.165, 1.54) is 30.3 Å². The Morgan fingerprint density at radius 3 is 2.00 bits per heavy atom. The smallest absolute Gasteiger partial charge is 1.00 e. The van der Waals surface area contributed by atoms with Crippen molar-refractivity contribution < 1.29 is 53.5 Å². The summed E-state index contributed by atoms with van der Waals surface area (Å²) in [5.41, 5.74) is 5.57. The van der Waals surface area contributed by atoms with Crippen LogP contribution in [0.1, 0.15) is 33.3 Å². The van der Waals surface area contributed by atoms with Crippen LogP contribution in [0.15, 0.2) is 41.3 Å². The van der Waals surface area contributed by atoms with Gasteiger partial charge in [-0.2, -0.15) is 8.42 Å². The Bertz CT molecular complexity index is 927. The molecule has 0 aliphatic heterocycles. The van der Waals surface area contributed by atoms with Crippen molar-refractivity contribution in [2.45, 2.75) is 4.90 Å². The molecular formula is C14H10NNaO5S. The van der Waals surface area contributed by atoms with Gasteiger partial charge >= 0.3 is 29.6 Å². The van der Waals surface area contributed by atoms with E-state index < -0.39 is 26.6 Å². The molecule has 22 heavy (non-hydrogen) atoms. The van der Waals surface area contributed by atoms with Crippen LogP contribution in [0.25, 0.3) is 0 Å². The van der Waals surface area contributed by atoms with Crippen molar-refractivity contribution in [3.8, 4) is 0 Å². The summed E-state index contributed by atoms with van der Waals surface area (Å²) in [4.78, 5) is 24.4. The number of benzene rings is 2. The first-order valence-corrected chi connectivity index (χ1v) is 7.35. The zero-order chi connectivity index (χ0) is 15.4. The monoisotopic (exact) mass is 327 g/mol. The third kappa shape index (κ3) is 2.41. The van der Waals surface area contributed by atoms with Crippen LogP contribution in [-0.4, -0.2) is 24.5 Å². The molecule has 108 valence electrons. The predicted octanol–water partition coefficient (Wildman–Crippen LogP) is -1.59. The van der Waals surface area contributed by atoms with E-state index in [2.05, 4.69) is 0 Å². The van der Waals surface area contributed by atoms with Gasteiger partial charge in [-0.3, -0.25) is 14.1 Å². The maximum Gasteiger partial charge on any atom is 1.00 e. The van der Waals surface area contributed by atoms with Gasteiger partial charge in [-0.15, -0.1) is 0 Å². The zero-order valence-corrected chi connectivity index (χ0v) is 14.3. The Morgan fingerprint density at radius 2 is 1.41 bits per heavy atom. The van der Waals surface area contributed by atoms with Crippen molar-refractivity contribution in [3.05, 3.63) is 58.7 Å². The number of anilines is 1. The summed E-state index contributed by atoms with van der Waals surface area (Å²) in [6, 6.07) is 8.09. The fourth-order valence-electron chi connectivity index (χ4n) is 2.45. The minimum absolute atomic E-state index is 0. The van der Waals surface area contributed by atoms with E-state index in [1.54, 1.807) is 0 Å². The number of carbonyl (C=O) groups excluding carboxylic acids is 2. The van der Waals surface area contributed by atoms with Crippen LogP contribution in [0.5, 0.6) is 0 Å². The second-order valence-electron chi connectivity index (χ2n) is 4.58. The molecule has 0 heterocycles. The van der Waals surface area contributed by atoms with Crippen LogP contribution in [0.4, 0.5) is 5.69 Å². The molecule has 0 amide bonds. The van der Waals surface area contributed by atoms with E-state index in [-0.39, 0.29) is 58.9 Å². The molecule has 3 rings (SSSR count). The van der Waals surface area contributed by atoms with Gasteiger partial charge in [-0.05, 0) is 12.1 Å². The summed E-state index contributed by atoms with van der Waals surface area (Å²) in [6.07, 6.45) is 0. The second-order valence-corrected chi connectivity index (χ2v) is 5.97. The Kier molecular flexibility index (Phi) is 4.29. The summed E-state index contributed by atoms with van der Waals surface area (Å²) in [5.74, 6) is -1.19. The molecule has 2 aromatic carbocycles. The molecule has 0 aromatic heterocycles. The largest absolute Gasteiger partial charge is 1.00 e. The first-order valence-electron chi connectivity index (χ1n) is 5.90. The number of nitrogen functional groups attached to an aromatic ring is 1. The summed E-state index contributed by atoms with van der Waals surface area (Å²) in [5, 5.41) is 0. The number of rotatable bonds is 1. The molecule has 0 radical (unpaired) electrons. The van der Waals surface area contributed by atoms with Crippen molar-refractivity contribution in [2.24, 2.45) is 0 Å². The van der Waals surface area contributed by atoms with E-state index in [4.69, 9.17) is 5.73 Å². The first kappa shape index (κ1) is 16.9. The van der Waals surface area contributed by atoms with Crippen LogP contribution in [0.3, 0.4) is 0 Å². The molecule has 1 aliphatic rings. The van der Waals surface area contributed by atoms with Gasteiger partial charge in [0.15, 0.2) is 11.6 Å². The van der Waals surface area contributed by atoms with Gasteiger partial charge in [-0.25, -0.2) is 0 Å². The van der Waals surface area contributed by atoms with Crippen molar-refractivity contribution in [1.82, 2.24) is 0 Å². The van der Waals surface area contributed by atoms with Crippen LogP contribution < -0.4 is 35.3 Å². The van der Waals surface area contributed by atoms with Crippen molar-refractivity contribution in [3.63, 3.8) is 0 Å². The van der Waals surface area contributed by atoms with Gasteiger partial charge in [0.25, 0.3) is 10.1 Å². The third-order valence-corrected chi connectivity index (χ3v) is 4.24. The van der Waals surface area contributed by atoms with E-state index in [9.17, 15) is 22.6 Å². The molecule has 0 unspecified atom stereocenters. The number of fused-ring (bicyclic) bond motifs is 2. The van der Waals surface area contributed by atoms with Gasteiger partial charge < -0.3 is 7.16 Å². The molecule has 0 bridgehead atoms. The summed E-state index contributed by atoms with van der Waals surface area (Å²) >= 11 is 0. The average molecular weight is 327 g/mol. The van der Waals surface area contributed by atoms with Gasteiger partial charge in [0.05, 0.1) is 11.1 Å². The maximum absolute atomic E-state index is 12.5. The summed E-state index contributed by atoms with van der Waals surface area (Å²) in [6.45, 7) is 0. The minimum atomic E-state index is -4.62. The SMILES string of the molecule is Nc1cccc2c1C(=O)c1cccc(S(=O)(=O)O)c1C2=O.[H-].[Na+]. The molecule has 2 aromatic rings. The van der Waals surface area contributed by atoms with Crippen molar-refractivity contribution in [2.75, 3.05) is 5.73 Å². The van der Waals surface area contributed by atoms with Crippen molar-refractivity contribution in [1.29, 1.82) is 0 Å². The standard InChI is InChI=1S/C14H9NO5S.Na.H/c15-9-5-1-3-7-11(9)13(16)8-4-2-6-10(21(18,19)20)12(8)14(7)17;;/h1-6H,15H2,(H,18,19,20);;/q;+1;-1. The third-order valence-electron chi connectivity index (χ3n) is 3.34. The van der Waals surface area contributed by atoms with Gasteiger partial charge in [0.1, 0.15) is 4.90 Å². The van der Waals surface area contributed by atoms with Gasteiger partial charge in [0.2, 0.25) is 0 Å². The van der Waals surface area contributed by atoms with E-state index in [1.807, 2.05) is 0 Å². The van der Waals surface area contributed by atoms with E-state index >= 15 is 0 Å². The number of ketones is 2. The molecule has 6 nitrogen and oxygen atoms in total. The number of hydrogen-bond acceptors (Lipinski definition) is 5. The predicted molar refractivity (Wildman–Crippen MR) is 75.1 cm³/mol. The number of nitrogens with two attached hydrogens (primary N) is 1. The maximum atomic E-state index is 12.5. The second kappa shape index (κ2) is 5.60.